The number of hydrogen-bond acceptors (Lipinski definition) is 0. The summed E-state index contributed by atoms with van der Waals surface area (Å²) < 4.78 is 2.95. The van der Waals surface area contributed by atoms with E-state index in [1.54, 1.807) is 0 Å². The summed E-state index contributed by atoms with van der Waals surface area (Å²) in [6.07, 6.45) is 0. The Morgan fingerprint density at radius 3 is 1.60 bits per heavy atom. The minimum atomic E-state index is 0.246. The van der Waals surface area contributed by atoms with Crippen LogP contribution in [-0.4, -0.2) is 15.2 Å². The van der Waals surface area contributed by atoms with Crippen molar-refractivity contribution in [2.24, 2.45) is 0 Å². The van der Waals surface area contributed by atoms with Crippen molar-refractivity contribution in [3.05, 3.63) is 59.7 Å². The van der Waals surface area contributed by atoms with E-state index >= 15 is 0 Å². The average Bonchev–Trinajstić information content (AvgIpc) is 2.17. The Labute approximate surface area is 97.7 Å². The molecule has 0 aliphatic heterocycles. The first-order valence-electron chi connectivity index (χ1n) is 5.22. The molecule has 15 heavy (non-hydrogen) atoms. The molecule has 2 aromatic carbocycles. The van der Waals surface area contributed by atoms with Crippen LogP contribution in [0.1, 0.15) is 11.1 Å². The molecule has 0 fully saturated rings. The molecule has 1 heteroatoms. The lowest BCUT2D eigenvalue weighted by Gasteiger charge is -2.02. The molecule has 0 nitrogen and oxygen atoms in total. The van der Waals surface area contributed by atoms with Crippen LogP contribution in [0.3, 0.4) is 0 Å². The van der Waals surface area contributed by atoms with Gasteiger partial charge in [-0.3, -0.25) is 0 Å². The molecular formula is C14H14Al. The molecule has 1 radical (unpaired) electrons. The van der Waals surface area contributed by atoms with Crippen molar-refractivity contribution in [2.45, 2.75) is 13.8 Å². The molecule has 0 saturated carbocycles. The van der Waals surface area contributed by atoms with Crippen LogP contribution in [0.15, 0.2) is 48.5 Å². The highest BCUT2D eigenvalue weighted by atomic mass is 27.1. The largest absolute Gasteiger partial charge is 0.298 e. The van der Waals surface area contributed by atoms with Gasteiger partial charge >= 0.3 is 0 Å². The maximum absolute atomic E-state index is 2.29. The average molecular weight is 209 g/mol. The molecule has 0 saturated heterocycles. The van der Waals surface area contributed by atoms with Gasteiger partial charge in [0.15, 0.2) is 0 Å². The highest BCUT2D eigenvalue weighted by molar-refractivity contribution is 6.67. The fourth-order valence-electron chi connectivity index (χ4n) is 1.71. The molecule has 2 aromatic rings. The second-order valence-corrected chi connectivity index (χ2v) is 5.59. The maximum Gasteiger partial charge on any atom is 0.298 e. The van der Waals surface area contributed by atoms with Gasteiger partial charge in [-0.25, -0.2) is 0 Å². The van der Waals surface area contributed by atoms with Crippen molar-refractivity contribution >= 4 is 24.1 Å². The van der Waals surface area contributed by atoms with Gasteiger partial charge in [-0.15, -0.1) is 8.85 Å². The van der Waals surface area contributed by atoms with Gasteiger partial charge in [0.1, 0.15) is 0 Å². The molecule has 0 heterocycles. The number of rotatable bonds is 2. The normalized spacial score (nSPS) is 10.0. The standard InChI is InChI=1S/2C7H7.Al/c2*1-7-5-3-2-4-6-7;/h2*2-3,5-6H,1H3;. The maximum atomic E-state index is 2.29. The predicted molar refractivity (Wildman–Crippen MR) is 67.4 cm³/mol. The van der Waals surface area contributed by atoms with E-state index in [4.69, 9.17) is 0 Å². The first-order valence-corrected chi connectivity index (χ1v) is 6.37. The second kappa shape index (κ2) is 4.66. The summed E-state index contributed by atoms with van der Waals surface area (Å²) >= 11 is 0.246. The van der Waals surface area contributed by atoms with Crippen LogP contribution < -0.4 is 8.85 Å². The quantitative estimate of drug-likeness (QED) is 0.663. The van der Waals surface area contributed by atoms with Gasteiger partial charge in [0.2, 0.25) is 0 Å². The van der Waals surface area contributed by atoms with Crippen LogP contribution >= 0.6 is 0 Å². The van der Waals surface area contributed by atoms with Gasteiger partial charge in [-0.05, 0) is 13.8 Å². The molecule has 0 spiro atoms. The van der Waals surface area contributed by atoms with Crippen LogP contribution in [0.4, 0.5) is 0 Å². The highest BCUT2D eigenvalue weighted by Gasteiger charge is 1.99. The zero-order valence-electron chi connectivity index (χ0n) is 9.20. The first kappa shape index (κ1) is 10.5. The fraction of sp³-hybridized carbons (Fsp3) is 0.143. The SMILES string of the molecule is Cc1ccc[c]([Al][c]2cccc(C)c2)c1. The monoisotopic (exact) mass is 209 g/mol. The smallest absolute Gasteiger partial charge is 0.116 e. The number of benzene rings is 2. The number of hydrogen-bond donors (Lipinski definition) is 0. The molecular weight excluding hydrogens is 195 g/mol. The Bertz CT molecular complexity index is 417. The van der Waals surface area contributed by atoms with Gasteiger partial charge in [-0.1, -0.05) is 59.7 Å². The Morgan fingerprint density at radius 2 is 1.20 bits per heavy atom. The van der Waals surface area contributed by atoms with E-state index in [0.29, 0.717) is 0 Å². The Kier molecular flexibility index (Phi) is 3.26. The van der Waals surface area contributed by atoms with E-state index < -0.39 is 0 Å². The third-order valence-electron chi connectivity index (χ3n) is 2.42. The lowest BCUT2D eigenvalue weighted by Crippen LogP contribution is -2.27. The van der Waals surface area contributed by atoms with Gasteiger partial charge in [0.05, 0.1) is 0 Å². The highest BCUT2D eigenvalue weighted by Crippen LogP contribution is 1.94. The van der Waals surface area contributed by atoms with E-state index in [0.717, 1.165) is 0 Å². The minimum Gasteiger partial charge on any atom is -0.116 e. The van der Waals surface area contributed by atoms with E-state index in [-0.39, 0.29) is 15.2 Å². The van der Waals surface area contributed by atoms with Gasteiger partial charge < -0.3 is 0 Å². The molecule has 0 amide bonds. The topological polar surface area (TPSA) is 0 Å². The summed E-state index contributed by atoms with van der Waals surface area (Å²) in [5, 5.41) is 0. The molecule has 0 N–H and O–H groups in total. The van der Waals surface area contributed by atoms with Crippen molar-refractivity contribution in [2.75, 3.05) is 0 Å². The second-order valence-electron chi connectivity index (χ2n) is 3.97. The number of aryl methyl sites for hydroxylation is 2. The van der Waals surface area contributed by atoms with Gasteiger partial charge in [0.25, 0.3) is 15.2 Å². The third-order valence-corrected chi connectivity index (χ3v) is 3.80. The van der Waals surface area contributed by atoms with Gasteiger partial charge in [0, 0.05) is 0 Å². The summed E-state index contributed by atoms with van der Waals surface area (Å²) in [6.45, 7) is 4.30. The Hall–Kier alpha value is -1.03. The van der Waals surface area contributed by atoms with Crippen LogP contribution in [0.2, 0.25) is 0 Å². The predicted octanol–water partition coefficient (Wildman–Crippen LogP) is 1.96. The summed E-state index contributed by atoms with van der Waals surface area (Å²) in [5.74, 6) is 0. The van der Waals surface area contributed by atoms with Crippen molar-refractivity contribution < 1.29 is 0 Å². The molecule has 73 valence electrons. The molecule has 0 bridgehead atoms. The summed E-state index contributed by atoms with van der Waals surface area (Å²) in [5.41, 5.74) is 2.71. The van der Waals surface area contributed by atoms with Crippen molar-refractivity contribution in [3.8, 4) is 0 Å². The first-order chi connectivity index (χ1) is 7.24. The van der Waals surface area contributed by atoms with Crippen LogP contribution in [0, 0.1) is 13.8 Å². The molecule has 0 aliphatic rings. The van der Waals surface area contributed by atoms with Crippen molar-refractivity contribution in [1.82, 2.24) is 0 Å². The zero-order valence-corrected chi connectivity index (χ0v) is 10.4. The van der Waals surface area contributed by atoms with Crippen LogP contribution in [0.25, 0.3) is 0 Å². The lowest BCUT2D eigenvalue weighted by atomic mass is 10.2. The molecule has 0 atom stereocenters. The minimum absolute atomic E-state index is 0.246. The van der Waals surface area contributed by atoms with E-state index in [1.807, 2.05) is 0 Å². The Balaban J connectivity index is 2.22. The molecule has 2 rings (SSSR count). The third kappa shape index (κ3) is 2.96. The summed E-state index contributed by atoms with van der Waals surface area (Å²) in [6, 6.07) is 17.6. The van der Waals surface area contributed by atoms with E-state index in [9.17, 15) is 0 Å². The lowest BCUT2D eigenvalue weighted by molar-refractivity contribution is 1.49. The zero-order chi connectivity index (χ0) is 10.7. The van der Waals surface area contributed by atoms with E-state index in [2.05, 4.69) is 62.4 Å². The fourth-order valence-corrected chi connectivity index (χ4v) is 3.20. The summed E-state index contributed by atoms with van der Waals surface area (Å²) in [7, 11) is 0. The Morgan fingerprint density at radius 1 is 0.733 bits per heavy atom. The summed E-state index contributed by atoms with van der Waals surface area (Å²) in [4.78, 5) is 0. The van der Waals surface area contributed by atoms with Crippen molar-refractivity contribution in [3.63, 3.8) is 0 Å². The van der Waals surface area contributed by atoms with E-state index in [1.165, 1.54) is 20.0 Å². The molecule has 0 unspecified atom stereocenters. The molecule has 0 aliphatic carbocycles. The van der Waals surface area contributed by atoms with Crippen LogP contribution in [-0.2, 0) is 0 Å². The molecule has 0 aromatic heterocycles. The van der Waals surface area contributed by atoms with Crippen LogP contribution in [0.5, 0.6) is 0 Å². The van der Waals surface area contributed by atoms with Gasteiger partial charge in [-0.2, -0.15) is 0 Å². The van der Waals surface area contributed by atoms with Crippen molar-refractivity contribution in [1.29, 1.82) is 0 Å².